The van der Waals surface area contributed by atoms with Crippen LogP contribution in [0.25, 0.3) is 0 Å². The average Bonchev–Trinajstić information content (AvgIpc) is 3.07. The molecule has 0 aromatic carbocycles. The summed E-state index contributed by atoms with van der Waals surface area (Å²) in [5.74, 6) is 2.68. The number of carbonyl (C=O) groups excluding carboxylic acids is 1. The summed E-state index contributed by atoms with van der Waals surface area (Å²) in [7, 11) is 1.97. The first-order chi connectivity index (χ1) is 9.16. The number of hydrogen-bond donors (Lipinski definition) is 2. The van der Waals surface area contributed by atoms with E-state index < -0.39 is 6.10 Å². The van der Waals surface area contributed by atoms with Gasteiger partial charge in [0.05, 0.1) is 19.4 Å². The summed E-state index contributed by atoms with van der Waals surface area (Å²) in [5, 5.41) is 12.5. The third kappa shape index (κ3) is 4.26. The third-order valence-electron chi connectivity index (χ3n) is 3.29. The quantitative estimate of drug-likeness (QED) is 0.811. The largest absolute Gasteiger partial charge is 0.467 e. The van der Waals surface area contributed by atoms with Crippen molar-refractivity contribution < 1.29 is 14.3 Å². The number of likely N-dealkylation sites (N-methyl/N-ethyl adjacent to an activating group) is 1. The van der Waals surface area contributed by atoms with Gasteiger partial charge in [0.25, 0.3) is 0 Å². The van der Waals surface area contributed by atoms with Crippen LogP contribution in [0.4, 0.5) is 0 Å². The van der Waals surface area contributed by atoms with Crippen molar-refractivity contribution in [3.63, 3.8) is 0 Å². The van der Waals surface area contributed by atoms with Crippen molar-refractivity contribution >= 4 is 17.7 Å². The first-order valence-electron chi connectivity index (χ1n) is 6.43. The molecule has 2 N–H and O–H groups in total. The Hall–Kier alpha value is -0.980. The minimum absolute atomic E-state index is 0.0648. The predicted octanol–water partition coefficient (Wildman–Crippen LogP) is 0.866. The number of aliphatic hydroxyl groups excluding tert-OH is 1. The number of amides is 1. The maximum atomic E-state index is 11.8. The summed E-state index contributed by atoms with van der Waals surface area (Å²) in [6.07, 6.45) is 1.86. The second kappa shape index (κ2) is 6.98. The summed E-state index contributed by atoms with van der Waals surface area (Å²) in [6.45, 7) is 0.551. The Bertz CT molecular complexity index is 391. The van der Waals surface area contributed by atoms with E-state index in [1.807, 2.05) is 18.8 Å². The highest BCUT2D eigenvalue weighted by Gasteiger charge is 2.21. The van der Waals surface area contributed by atoms with Crippen LogP contribution in [0.3, 0.4) is 0 Å². The highest BCUT2D eigenvalue weighted by molar-refractivity contribution is 7.99. The Morgan fingerprint density at radius 1 is 1.74 bits per heavy atom. The number of nitrogens with zero attached hydrogens (tertiary/aromatic N) is 1. The molecule has 5 nitrogen and oxygen atoms in total. The van der Waals surface area contributed by atoms with Gasteiger partial charge in [-0.05, 0) is 31.4 Å². The molecule has 106 valence electrons. The third-order valence-corrected chi connectivity index (χ3v) is 4.43. The van der Waals surface area contributed by atoms with Crippen molar-refractivity contribution in [3.8, 4) is 0 Å². The molecule has 6 heteroatoms. The lowest BCUT2D eigenvalue weighted by Gasteiger charge is -2.22. The Kier molecular flexibility index (Phi) is 5.30. The first-order valence-corrected chi connectivity index (χ1v) is 7.58. The van der Waals surface area contributed by atoms with Gasteiger partial charge in [-0.15, -0.1) is 0 Å². The van der Waals surface area contributed by atoms with E-state index >= 15 is 0 Å². The Morgan fingerprint density at radius 2 is 2.58 bits per heavy atom. The Morgan fingerprint density at radius 3 is 3.21 bits per heavy atom. The number of thioether (sulfide) groups is 1. The zero-order valence-corrected chi connectivity index (χ0v) is 11.9. The normalized spacial score (nSPS) is 20.7. The lowest BCUT2D eigenvalue weighted by atomic mass is 10.2. The lowest BCUT2D eigenvalue weighted by Crippen LogP contribution is -2.41. The molecule has 2 rings (SSSR count). The fourth-order valence-electron chi connectivity index (χ4n) is 2.07. The van der Waals surface area contributed by atoms with Crippen molar-refractivity contribution in [1.29, 1.82) is 0 Å². The molecule has 1 aliphatic rings. The van der Waals surface area contributed by atoms with Crippen LogP contribution in [0.15, 0.2) is 22.8 Å². The Balaban J connectivity index is 1.69. The van der Waals surface area contributed by atoms with E-state index in [4.69, 9.17) is 4.42 Å². The van der Waals surface area contributed by atoms with Crippen molar-refractivity contribution in [2.75, 3.05) is 31.6 Å². The number of aliphatic hydroxyl groups is 1. The Labute approximate surface area is 117 Å². The molecule has 0 radical (unpaired) electrons. The molecule has 2 unspecified atom stereocenters. The molecule has 1 fully saturated rings. The maximum Gasteiger partial charge on any atom is 0.234 e. The number of nitrogens with one attached hydrogen (secondary N) is 1. The summed E-state index contributed by atoms with van der Waals surface area (Å²) in [6, 6.07) is 3.90. The van der Waals surface area contributed by atoms with Gasteiger partial charge < -0.3 is 14.8 Å². The van der Waals surface area contributed by atoms with Crippen molar-refractivity contribution in [1.82, 2.24) is 10.2 Å². The van der Waals surface area contributed by atoms with Crippen LogP contribution >= 0.6 is 11.8 Å². The van der Waals surface area contributed by atoms with Gasteiger partial charge in [0, 0.05) is 11.8 Å². The number of rotatable bonds is 6. The minimum Gasteiger partial charge on any atom is -0.467 e. The van der Waals surface area contributed by atoms with E-state index in [1.54, 1.807) is 12.1 Å². The molecule has 0 saturated carbocycles. The van der Waals surface area contributed by atoms with Gasteiger partial charge in [-0.25, -0.2) is 0 Å². The topological polar surface area (TPSA) is 65.7 Å². The first kappa shape index (κ1) is 14.4. The molecule has 1 amide bonds. The zero-order valence-electron chi connectivity index (χ0n) is 11.0. The van der Waals surface area contributed by atoms with Crippen LogP contribution in [0.1, 0.15) is 18.3 Å². The van der Waals surface area contributed by atoms with Gasteiger partial charge in [-0.3, -0.25) is 9.69 Å². The molecule has 1 aromatic heterocycles. The van der Waals surface area contributed by atoms with Gasteiger partial charge in [0.2, 0.25) is 5.91 Å². The molecule has 2 atom stereocenters. The van der Waals surface area contributed by atoms with Crippen molar-refractivity contribution in [2.24, 2.45) is 0 Å². The van der Waals surface area contributed by atoms with Crippen LogP contribution < -0.4 is 5.32 Å². The molecular weight excluding hydrogens is 264 g/mol. The maximum absolute atomic E-state index is 11.8. The average molecular weight is 284 g/mol. The summed E-state index contributed by atoms with van der Waals surface area (Å²) >= 11 is 1.93. The number of furan rings is 1. The molecule has 2 heterocycles. The smallest absolute Gasteiger partial charge is 0.234 e. The standard InChI is InChI=1S/C13H20N2O3S/c1-15(10-4-6-19-9-10)8-13(17)14-7-11(16)12-3-2-5-18-12/h2-3,5,10-11,16H,4,6-9H2,1H3,(H,14,17). The van der Waals surface area contributed by atoms with Crippen molar-refractivity contribution in [3.05, 3.63) is 24.2 Å². The minimum atomic E-state index is -0.786. The zero-order chi connectivity index (χ0) is 13.7. The molecular formula is C13H20N2O3S. The molecule has 1 aliphatic heterocycles. The fourth-order valence-corrected chi connectivity index (χ4v) is 3.37. The molecule has 19 heavy (non-hydrogen) atoms. The summed E-state index contributed by atoms with van der Waals surface area (Å²) < 4.78 is 5.08. The van der Waals surface area contributed by atoms with E-state index in [0.29, 0.717) is 18.3 Å². The fraction of sp³-hybridized carbons (Fsp3) is 0.615. The molecule has 1 saturated heterocycles. The number of carbonyl (C=O) groups is 1. The van der Waals surface area contributed by atoms with Crippen LogP contribution in [0.2, 0.25) is 0 Å². The molecule has 0 bridgehead atoms. The monoisotopic (exact) mass is 284 g/mol. The van der Waals surface area contributed by atoms with Crippen LogP contribution in [-0.2, 0) is 4.79 Å². The van der Waals surface area contributed by atoms with Gasteiger partial charge in [-0.1, -0.05) is 0 Å². The molecule has 1 aromatic rings. The number of hydrogen-bond acceptors (Lipinski definition) is 5. The molecule has 0 spiro atoms. The predicted molar refractivity (Wildman–Crippen MR) is 75.0 cm³/mol. The molecule has 0 aliphatic carbocycles. The van der Waals surface area contributed by atoms with E-state index in [2.05, 4.69) is 10.2 Å². The van der Waals surface area contributed by atoms with E-state index in [9.17, 15) is 9.90 Å². The van der Waals surface area contributed by atoms with Gasteiger partial charge in [0.15, 0.2) is 0 Å². The summed E-state index contributed by atoms with van der Waals surface area (Å²) in [4.78, 5) is 13.9. The van der Waals surface area contributed by atoms with Gasteiger partial charge in [-0.2, -0.15) is 11.8 Å². The summed E-state index contributed by atoms with van der Waals surface area (Å²) in [5.41, 5.74) is 0. The van der Waals surface area contributed by atoms with Crippen LogP contribution in [-0.4, -0.2) is 53.6 Å². The van der Waals surface area contributed by atoms with Crippen molar-refractivity contribution in [2.45, 2.75) is 18.6 Å². The lowest BCUT2D eigenvalue weighted by molar-refractivity contribution is -0.122. The highest BCUT2D eigenvalue weighted by atomic mass is 32.2. The highest BCUT2D eigenvalue weighted by Crippen LogP contribution is 2.20. The van der Waals surface area contributed by atoms with E-state index in [-0.39, 0.29) is 12.5 Å². The van der Waals surface area contributed by atoms with E-state index in [0.717, 1.165) is 12.2 Å². The van der Waals surface area contributed by atoms with Crippen LogP contribution in [0.5, 0.6) is 0 Å². The van der Waals surface area contributed by atoms with Gasteiger partial charge >= 0.3 is 0 Å². The second-order valence-corrected chi connectivity index (χ2v) is 5.92. The second-order valence-electron chi connectivity index (χ2n) is 4.77. The van der Waals surface area contributed by atoms with Crippen LogP contribution in [0, 0.1) is 0 Å². The SMILES string of the molecule is CN(CC(=O)NCC(O)c1ccco1)C1CCSC1. The van der Waals surface area contributed by atoms with E-state index in [1.165, 1.54) is 12.0 Å². The van der Waals surface area contributed by atoms with Gasteiger partial charge in [0.1, 0.15) is 11.9 Å².